The third kappa shape index (κ3) is 1.87. The van der Waals surface area contributed by atoms with Crippen LogP contribution in [0.2, 0.25) is 0 Å². The molecule has 1 unspecified atom stereocenters. The van der Waals surface area contributed by atoms with Gasteiger partial charge in [-0.3, -0.25) is 14.8 Å². The number of piperazine rings is 1. The Labute approximate surface area is 88.8 Å². The highest BCUT2D eigenvalue weighted by Crippen LogP contribution is 2.19. The second-order valence-corrected chi connectivity index (χ2v) is 4.56. The monoisotopic (exact) mass is 208 g/mol. The van der Waals surface area contributed by atoms with Crippen molar-refractivity contribution in [1.82, 2.24) is 20.4 Å². The zero-order chi connectivity index (χ0) is 11.1. The predicted octanol–water partition coefficient (Wildman–Crippen LogP) is -0.0408. The van der Waals surface area contributed by atoms with Crippen molar-refractivity contribution in [2.75, 3.05) is 6.54 Å². The summed E-state index contributed by atoms with van der Waals surface area (Å²) >= 11 is 0. The van der Waals surface area contributed by atoms with Gasteiger partial charge in [0.25, 0.3) is 0 Å². The fourth-order valence-corrected chi connectivity index (χ4v) is 1.79. The highest BCUT2D eigenvalue weighted by atomic mass is 16.2. The lowest BCUT2D eigenvalue weighted by Crippen LogP contribution is -2.59. The van der Waals surface area contributed by atoms with Crippen molar-refractivity contribution in [2.24, 2.45) is 7.05 Å². The molecule has 0 bridgehead atoms. The Bertz CT molecular complexity index is 383. The van der Waals surface area contributed by atoms with Gasteiger partial charge in [-0.1, -0.05) is 0 Å². The standard InChI is InChI=1S/C10H16N4O/c1-10(2)6-11-9(15)8(13-10)7-4-5-12-14(7)3/h4-5,8,13H,6H2,1-3H3,(H,11,15). The molecule has 0 aliphatic carbocycles. The second-order valence-electron chi connectivity index (χ2n) is 4.56. The molecule has 0 aromatic carbocycles. The van der Waals surface area contributed by atoms with E-state index in [1.165, 1.54) is 0 Å². The molecular weight excluding hydrogens is 192 g/mol. The van der Waals surface area contributed by atoms with Crippen molar-refractivity contribution in [3.8, 4) is 0 Å². The summed E-state index contributed by atoms with van der Waals surface area (Å²) in [6.45, 7) is 4.78. The molecule has 0 spiro atoms. The highest BCUT2D eigenvalue weighted by Gasteiger charge is 2.34. The van der Waals surface area contributed by atoms with Crippen LogP contribution in [0.5, 0.6) is 0 Å². The molecule has 1 aromatic heterocycles. The lowest BCUT2D eigenvalue weighted by Gasteiger charge is -2.36. The third-order valence-electron chi connectivity index (χ3n) is 2.66. The van der Waals surface area contributed by atoms with Crippen LogP contribution in [0.25, 0.3) is 0 Å². The lowest BCUT2D eigenvalue weighted by atomic mass is 9.98. The number of aromatic nitrogens is 2. The van der Waals surface area contributed by atoms with Crippen LogP contribution >= 0.6 is 0 Å². The van der Waals surface area contributed by atoms with E-state index in [2.05, 4.69) is 29.6 Å². The summed E-state index contributed by atoms with van der Waals surface area (Å²) in [7, 11) is 1.84. The number of amides is 1. The predicted molar refractivity (Wildman–Crippen MR) is 56.2 cm³/mol. The van der Waals surface area contributed by atoms with Crippen molar-refractivity contribution in [1.29, 1.82) is 0 Å². The molecule has 1 aliphatic heterocycles. The first-order valence-electron chi connectivity index (χ1n) is 5.03. The smallest absolute Gasteiger partial charge is 0.243 e. The van der Waals surface area contributed by atoms with Gasteiger partial charge in [0, 0.05) is 25.3 Å². The van der Waals surface area contributed by atoms with E-state index >= 15 is 0 Å². The number of rotatable bonds is 1. The SMILES string of the molecule is Cn1nccc1C1NC(C)(C)CNC1=O. The Hall–Kier alpha value is -1.36. The van der Waals surface area contributed by atoms with E-state index < -0.39 is 0 Å². The van der Waals surface area contributed by atoms with Gasteiger partial charge in [-0.25, -0.2) is 0 Å². The maximum absolute atomic E-state index is 11.7. The normalized spacial score (nSPS) is 25.0. The van der Waals surface area contributed by atoms with Gasteiger partial charge in [0.15, 0.2) is 0 Å². The van der Waals surface area contributed by atoms with Crippen molar-refractivity contribution >= 4 is 5.91 Å². The van der Waals surface area contributed by atoms with E-state index in [-0.39, 0.29) is 17.5 Å². The van der Waals surface area contributed by atoms with E-state index in [0.29, 0.717) is 6.54 Å². The fraction of sp³-hybridized carbons (Fsp3) is 0.600. The Morgan fingerprint density at radius 1 is 1.60 bits per heavy atom. The van der Waals surface area contributed by atoms with Gasteiger partial charge < -0.3 is 5.32 Å². The number of hydrogen-bond donors (Lipinski definition) is 2. The van der Waals surface area contributed by atoms with Crippen molar-refractivity contribution in [3.63, 3.8) is 0 Å². The van der Waals surface area contributed by atoms with Crippen molar-refractivity contribution in [2.45, 2.75) is 25.4 Å². The van der Waals surface area contributed by atoms with Crippen LogP contribution in [0.3, 0.4) is 0 Å². The first-order valence-corrected chi connectivity index (χ1v) is 5.03. The van der Waals surface area contributed by atoms with Crippen LogP contribution in [0, 0.1) is 0 Å². The molecule has 1 saturated heterocycles. The average Bonchev–Trinajstić information content (AvgIpc) is 2.56. The summed E-state index contributed by atoms with van der Waals surface area (Å²) < 4.78 is 1.72. The molecule has 0 radical (unpaired) electrons. The summed E-state index contributed by atoms with van der Waals surface area (Å²) in [5.74, 6) is 0.0120. The Morgan fingerprint density at radius 3 is 2.93 bits per heavy atom. The van der Waals surface area contributed by atoms with Crippen molar-refractivity contribution < 1.29 is 4.79 Å². The molecule has 5 heteroatoms. The van der Waals surface area contributed by atoms with Gasteiger partial charge in [-0.15, -0.1) is 0 Å². The molecule has 82 valence electrons. The van der Waals surface area contributed by atoms with E-state index in [1.54, 1.807) is 10.9 Å². The number of hydrogen-bond acceptors (Lipinski definition) is 3. The van der Waals surface area contributed by atoms with Crippen LogP contribution in [0.15, 0.2) is 12.3 Å². The molecule has 1 aliphatic rings. The molecule has 1 amide bonds. The molecule has 2 N–H and O–H groups in total. The molecule has 5 nitrogen and oxygen atoms in total. The molecule has 1 fully saturated rings. The minimum atomic E-state index is -0.304. The number of nitrogens with zero attached hydrogens (tertiary/aromatic N) is 2. The average molecular weight is 208 g/mol. The van der Waals surface area contributed by atoms with Crippen LogP contribution in [0.4, 0.5) is 0 Å². The summed E-state index contributed by atoms with van der Waals surface area (Å²) in [5.41, 5.74) is 0.809. The van der Waals surface area contributed by atoms with Crippen LogP contribution in [-0.2, 0) is 11.8 Å². The zero-order valence-electron chi connectivity index (χ0n) is 9.24. The third-order valence-corrected chi connectivity index (χ3v) is 2.66. The van der Waals surface area contributed by atoms with Gasteiger partial charge in [-0.2, -0.15) is 5.10 Å². The second kappa shape index (κ2) is 3.34. The van der Waals surface area contributed by atoms with E-state index in [4.69, 9.17) is 0 Å². The molecule has 1 aromatic rings. The number of nitrogens with one attached hydrogen (secondary N) is 2. The first kappa shape index (κ1) is 10.2. The number of aryl methyl sites for hydroxylation is 1. The van der Waals surface area contributed by atoms with E-state index in [9.17, 15) is 4.79 Å². The maximum atomic E-state index is 11.7. The number of carbonyl (C=O) groups is 1. The maximum Gasteiger partial charge on any atom is 0.243 e. The first-order chi connectivity index (χ1) is 6.99. The molecule has 2 heterocycles. The Morgan fingerprint density at radius 2 is 2.33 bits per heavy atom. The number of carbonyl (C=O) groups excluding carboxylic acids is 1. The van der Waals surface area contributed by atoms with Crippen LogP contribution in [-0.4, -0.2) is 27.8 Å². The zero-order valence-corrected chi connectivity index (χ0v) is 9.24. The Kier molecular flexibility index (Phi) is 2.26. The Balaban J connectivity index is 2.28. The van der Waals surface area contributed by atoms with Crippen LogP contribution in [0.1, 0.15) is 25.6 Å². The molecule has 1 atom stereocenters. The van der Waals surface area contributed by atoms with Gasteiger partial charge in [0.1, 0.15) is 6.04 Å². The molecule has 0 saturated carbocycles. The molecular formula is C10H16N4O. The highest BCUT2D eigenvalue weighted by molar-refractivity contribution is 5.83. The van der Waals surface area contributed by atoms with E-state index in [0.717, 1.165) is 5.69 Å². The topological polar surface area (TPSA) is 59.0 Å². The van der Waals surface area contributed by atoms with Gasteiger partial charge >= 0.3 is 0 Å². The van der Waals surface area contributed by atoms with Gasteiger partial charge in [0.05, 0.1) is 5.69 Å². The van der Waals surface area contributed by atoms with E-state index in [1.807, 2.05) is 13.1 Å². The summed E-state index contributed by atoms with van der Waals surface area (Å²) in [4.78, 5) is 11.7. The van der Waals surface area contributed by atoms with Gasteiger partial charge in [-0.05, 0) is 19.9 Å². The lowest BCUT2D eigenvalue weighted by molar-refractivity contribution is -0.126. The summed E-state index contributed by atoms with van der Waals surface area (Å²) in [6.07, 6.45) is 1.70. The van der Waals surface area contributed by atoms with Crippen LogP contribution < -0.4 is 10.6 Å². The minimum absolute atomic E-state index is 0.0120. The minimum Gasteiger partial charge on any atom is -0.353 e. The quantitative estimate of drug-likeness (QED) is 0.681. The summed E-state index contributed by atoms with van der Waals surface area (Å²) in [5, 5.41) is 10.3. The fourth-order valence-electron chi connectivity index (χ4n) is 1.79. The molecule has 2 rings (SSSR count). The van der Waals surface area contributed by atoms with Crippen molar-refractivity contribution in [3.05, 3.63) is 18.0 Å². The van der Waals surface area contributed by atoms with Gasteiger partial charge in [0.2, 0.25) is 5.91 Å². The molecule has 15 heavy (non-hydrogen) atoms. The largest absolute Gasteiger partial charge is 0.353 e. The summed E-state index contributed by atoms with van der Waals surface area (Å²) in [6, 6.07) is 1.56.